The Morgan fingerprint density at radius 3 is 2.71 bits per heavy atom. The van der Waals surface area contributed by atoms with Gasteiger partial charge in [0.05, 0.1) is 5.92 Å². The molecule has 7 heteroatoms. The van der Waals surface area contributed by atoms with Crippen LogP contribution in [0.4, 0.5) is 5.82 Å². The van der Waals surface area contributed by atoms with Crippen molar-refractivity contribution in [1.82, 2.24) is 14.5 Å². The molecule has 1 saturated heterocycles. The predicted molar refractivity (Wildman–Crippen MR) is 80.5 cm³/mol. The lowest BCUT2D eigenvalue weighted by Gasteiger charge is -2.34. The van der Waals surface area contributed by atoms with Crippen LogP contribution in [0, 0.1) is 5.92 Å². The zero-order valence-electron chi connectivity index (χ0n) is 12.8. The molecule has 1 atom stereocenters. The van der Waals surface area contributed by atoms with Crippen molar-refractivity contribution in [3.8, 4) is 0 Å². The first-order valence-corrected chi connectivity index (χ1v) is 7.25. The van der Waals surface area contributed by atoms with E-state index in [0.717, 1.165) is 24.0 Å². The van der Waals surface area contributed by atoms with E-state index in [9.17, 15) is 14.4 Å². The smallest absolute Gasteiger partial charge is 0.332 e. The van der Waals surface area contributed by atoms with Crippen LogP contribution in [-0.2, 0) is 18.9 Å². The van der Waals surface area contributed by atoms with Gasteiger partial charge in [0.2, 0.25) is 5.91 Å². The minimum atomic E-state index is -0.349. The number of aromatic nitrogens is 2. The molecule has 0 aromatic carbocycles. The van der Waals surface area contributed by atoms with Crippen LogP contribution >= 0.6 is 0 Å². The summed E-state index contributed by atoms with van der Waals surface area (Å²) in [7, 11) is 3.11. The van der Waals surface area contributed by atoms with Crippen molar-refractivity contribution in [2.45, 2.75) is 19.8 Å². The summed E-state index contributed by atoms with van der Waals surface area (Å²) in [6.07, 6.45) is 1.70. The van der Waals surface area contributed by atoms with Gasteiger partial charge in [0, 0.05) is 39.8 Å². The molecular weight excluding hydrogens is 272 g/mol. The summed E-state index contributed by atoms with van der Waals surface area (Å²) in [5.41, 5.74) is -0.675. The number of amides is 1. The fourth-order valence-electron chi connectivity index (χ4n) is 2.74. The van der Waals surface area contributed by atoms with Crippen LogP contribution in [0.1, 0.15) is 19.8 Å². The first-order valence-electron chi connectivity index (χ1n) is 7.25. The van der Waals surface area contributed by atoms with Gasteiger partial charge in [-0.1, -0.05) is 0 Å². The van der Waals surface area contributed by atoms with Gasteiger partial charge in [0.15, 0.2) is 0 Å². The number of nitrogens with zero attached hydrogens (tertiary/aromatic N) is 3. The number of hydrogen-bond acceptors (Lipinski definition) is 4. The molecule has 0 unspecified atom stereocenters. The molecule has 1 aliphatic heterocycles. The molecule has 1 aliphatic rings. The molecule has 1 fully saturated rings. The van der Waals surface area contributed by atoms with Crippen LogP contribution < -0.4 is 21.5 Å². The Balaban J connectivity index is 2.28. The Bertz CT molecular complexity index is 647. The number of hydrogen-bond donors (Lipinski definition) is 1. The molecule has 0 bridgehead atoms. The summed E-state index contributed by atoms with van der Waals surface area (Å²) in [5, 5.41) is 2.83. The van der Waals surface area contributed by atoms with Gasteiger partial charge < -0.3 is 10.2 Å². The van der Waals surface area contributed by atoms with Crippen LogP contribution in [0.3, 0.4) is 0 Å². The standard InChI is InChI=1S/C14H22N4O3/c1-4-15-13(20)10-6-5-7-18(9-10)11-8-12(19)17(3)14(21)16(11)2/h8,10H,4-7,9H2,1-3H3,(H,15,20)/t10-/m1/s1. The monoisotopic (exact) mass is 294 g/mol. The molecular formula is C14H22N4O3. The van der Waals surface area contributed by atoms with E-state index >= 15 is 0 Å². The number of rotatable bonds is 3. The lowest BCUT2D eigenvalue weighted by Crippen LogP contribution is -2.46. The molecule has 21 heavy (non-hydrogen) atoms. The predicted octanol–water partition coefficient (Wildman–Crippen LogP) is -0.563. The lowest BCUT2D eigenvalue weighted by atomic mass is 9.97. The van der Waals surface area contributed by atoms with E-state index in [0.29, 0.717) is 18.9 Å². The van der Waals surface area contributed by atoms with Gasteiger partial charge in [-0.3, -0.25) is 18.7 Å². The average Bonchev–Trinajstić information content (AvgIpc) is 2.49. The third-order valence-electron chi connectivity index (χ3n) is 3.97. The maximum Gasteiger partial charge on any atom is 0.332 e. The van der Waals surface area contributed by atoms with Gasteiger partial charge in [0.1, 0.15) is 5.82 Å². The summed E-state index contributed by atoms with van der Waals surface area (Å²) in [4.78, 5) is 37.7. The molecule has 0 radical (unpaired) electrons. The number of nitrogens with one attached hydrogen (secondary N) is 1. The van der Waals surface area contributed by atoms with Crippen molar-refractivity contribution in [3.63, 3.8) is 0 Å². The summed E-state index contributed by atoms with van der Waals surface area (Å²) in [5.74, 6) is 0.519. The van der Waals surface area contributed by atoms with E-state index in [2.05, 4.69) is 5.32 Å². The van der Waals surface area contributed by atoms with Crippen molar-refractivity contribution >= 4 is 11.7 Å². The first kappa shape index (κ1) is 15.3. The quantitative estimate of drug-likeness (QED) is 0.810. The van der Waals surface area contributed by atoms with Crippen LogP contribution in [0.15, 0.2) is 15.7 Å². The van der Waals surface area contributed by atoms with Gasteiger partial charge in [-0.05, 0) is 19.8 Å². The SMILES string of the molecule is CCNC(=O)[C@@H]1CCCN(c2cc(=O)n(C)c(=O)n2C)C1. The zero-order chi connectivity index (χ0) is 15.6. The summed E-state index contributed by atoms with van der Waals surface area (Å²) in [6.45, 7) is 3.78. The van der Waals surface area contributed by atoms with Crippen molar-refractivity contribution in [1.29, 1.82) is 0 Å². The molecule has 1 aromatic rings. The van der Waals surface area contributed by atoms with Crippen molar-refractivity contribution in [2.75, 3.05) is 24.5 Å². The summed E-state index contributed by atoms with van der Waals surface area (Å²) < 4.78 is 2.54. The minimum absolute atomic E-state index is 0.0380. The van der Waals surface area contributed by atoms with Gasteiger partial charge in [-0.25, -0.2) is 4.79 Å². The largest absolute Gasteiger partial charge is 0.357 e. The van der Waals surface area contributed by atoms with E-state index in [4.69, 9.17) is 0 Å². The highest BCUT2D eigenvalue weighted by Gasteiger charge is 2.27. The maximum atomic E-state index is 12.0. The molecule has 2 rings (SSSR count). The molecule has 1 N–H and O–H groups in total. The van der Waals surface area contributed by atoms with E-state index in [1.165, 1.54) is 17.7 Å². The van der Waals surface area contributed by atoms with E-state index in [-0.39, 0.29) is 23.1 Å². The second-order valence-electron chi connectivity index (χ2n) is 5.42. The number of carbonyl (C=O) groups is 1. The topological polar surface area (TPSA) is 76.3 Å². The fraction of sp³-hybridized carbons (Fsp3) is 0.643. The fourth-order valence-corrected chi connectivity index (χ4v) is 2.74. The molecule has 2 heterocycles. The summed E-state index contributed by atoms with van der Waals surface area (Å²) >= 11 is 0. The van der Waals surface area contributed by atoms with Gasteiger partial charge in [-0.15, -0.1) is 0 Å². The molecule has 0 spiro atoms. The normalized spacial score (nSPS) is 18.6. The van der Waals surface area contributed by atoms with E-state index < -0.39 is 0 Å². The van der Waals surface area contributed by atoms with Crippen LogP contribution in [-0.4, -0.2) is 34.7 Å². The lowest BCUT2D eigenvalue weighted by molar-refractivity contribution is -0.125. The highest BCUT2D eigenvalue weighted by atomic mass is 16.2. The third kappa shape index (κ3) is 3.01. The van der Waals surface area contributed by atoms with Crippen molar-refractivity contribution in [3.05, 3.63) is 26.9 Å². The Kier molecular flexibility index (Phi) is 4.50. The minimum Gasteiger partial charge on any atom is -0.357 e. The Hall–Kier alpha value is -2.05. The van der Waals surface area contributed by atoms with Crippen LogP contribution in [0.5, 0.6) is 0 Å². The molecule has 7 nitrogen and oxygen atoms in total. The van der Waals surface area contributed by atoms with Gasteiger partial charge >= 0.3 is 5.69 Å². The highest BCUT2D eigenvalue weighted by Crippen LogP contribution is 2.21. The maximum absolute atomic E-state index is 12.0. The number of piperidine rings is 1. The average molecular weight is 294 g/mol. The second kappa shape index (κ2) is 6.15. The first-order chi connectivity index (χ1) is 9.95. The molecule has 0 aliphatic carbocycles. The highest BCUT2D eigenvalue weighted by molar-refractivity contribution is 5.79. The number of anilines is 1. The third-order valence-corrected chi connectivity index (χ3v) is 3.97. The van der Waals surface area contributed by atoms with Crippen LogP contribution in [0.2, 0.25) is 0 Å². The second-order valence-corrected chi connectivity index (χ2v) is 5.42. The Morgan fingerprint density at radius 2 is 2.05 bits per heavy atom. The van der Waals surface area contributed by atoms with E-state index in [1.807, 2.05) is 11.8 Å². The van der Waals surface area contributed by atoms with Crippen molar-refractivity contribution < 1.29 is 4.79 Å². The van der Waals surface area contributed by atoms with Gasteiger partial charge in [0.25, 0.3) is 5.56 Å². The Labute approximate surface area is 123 Å². The van der Waals surface area contributed by atoms with E-state index in [1.54, 1.807) is 7.05 Å². The van der Waals surface area contributed by atoms with Crippen molar-refractivity contribution in [2.24, 2.45) is 20.0 Å². The molecule has 1 amide bonds. The number of carbonyl (C=O) groups excluding carboxylic acids is 1. The molecule has 1 aromatic heterocycles. The zero-order valence-corrected chi connectivity index (χ0v) is 12.8. The van der Waals surface area contributed by atoms with Gasteiger partial charge in [-0.2, -0.15) is 0 Å². The van der Waals surface area contributed by atoms with Crippen LogP contribution in [0.25, 0.3) is 0 Å². The molecule has 0 saturated carbocycles. The molecule has 116 valence electrons. The Morgan fingerprint density at radius 1 is 1.33 bits per heavy atom. The summed E-state index contributed by atoms with van der Waals surface area (Å²) in [6, 6.07) is 1.46.